The molecule has 2 saturated heterocycles. The van der Waals surface area contributed by atoms with Crippen LogP contribution in [0.1, 0.15) is 12.8 Å². The van der Waals surface area contributed by atoms with Crippen LogP contribution in [0.3, 0.4) is 0 Å². The molecule has 0 aromatic heterocycles. The van der Waals surface area contributed by atoms with E-state index in [0.717, 1.165) is 37.9 Å². The zero-order valence-corrected chi connectivity index (χ0v) is 17.7. The molecular weight excluding hydrogens is 390 g/mol. The van der Waals surface area contributed by atoms with Crippen molar-refractivity contribution >= 4 is 46.4 Å². The summed E-state index contributed by atoms with van der Waals surface area (Å²) in [5.74, 6) is 3.83. The summed E-state index contributed by atoms with van der Waals surface area (Å²) in [7, 11) is 3.21. The van der Waals surface area contributed by atoms with Crippen molar-refractivity contribution in [3.8, 4) is 11.5 Å². The number of rotatable bonds is 4. The predicted molar refractivity (Wildman–Crippen MR) is 114 cm³/mol. The number of ether oxygens (including phenoxy) is 2. The van der Waals surface area contributed by atoms with E-state index in [0.29, 0.717) is 21.6 Å². The van der Waals surface area contributed by atoms with Crippen LogP contribution in [0, 0.1) is 0 Å². The molecule has 5 nitrogen and oxygen atoms in total. The fourth-order valence-electron chi connectivity index (χ4n) is 3.49. The number of methoxy groups -OCH3 is 2. The Labute approximate surface area is 170 Å². The average Bonchev–Trinajstić information content (AvgIpc) is 2.69. The third-order valence-corrected chi connectivity index (χ3v) is 6.73. The molecule has 1 aromatic carbocycles. The van der Waals surface area contributed by atoms with Crippen LogP contribution in [-0.2, 0) is 0 Å². The second kappa shape index (κ2) is 9.35. The van der Waals surface area contributed by atoms with Crippen LogP contribution >= 0.6 is 35.6 Å². The summed E-state index contributed by atoms with van der Waals surface area (Å²) < 4.78 is 10.7. The Morgan fingerprint density at radius 2 is 1.77 bits per heavy atom. The van der Waals surface area contributed by atoms with Gasteiger partial charge in [-0.15, -0.1) is 0 Å². The van der Waals surface area contributed by atoms with Gasteiger partial charge in [-0.25, -0.2) is 0 Å². The first-order valence-electron chi connectivity index (χ1n) is 8.91. The van der Waals surface area contributed by atoms with E-state index in [1.807, 2.05) is 6.07 Å². The second-order valence-electron chi connectivity index (χ2n) is 6.48. The first kappa shape index (κ1) is 19.9. The summed E-state index contributed by atoms with van der Waals surface area (Å²) in [6.45, 7) is 4.03. The van der Waals surface area contributed by atoms with E-state index in [1.54, 1.807) is 20.3 Å². The lowest BCUT2D eigenvalue weighted by Crippen LogP contribution is -2.53. The van der Waals surface area contributed by atoms with Crippen LogP contribution in [0.2, 0.25) is 5.02 Å². The molecule has 0 radical (unpaired) electrons. The van der Waals surface area contributed by atoms with Gasteiger partial charge >= 0.3 is 0 Å². The molecule has 2 aliphatic heterocycles. The molecule has 0 atom stereocenters. The largest absolute Gasteiger partial charge is 0.495 e. The van der Waals surface area contributed by atoms with E-state index in [4.69, 9.17) is 33.3 Å². The monoisotopic (exact) mass is 415 g/mol. The molecule has 1 N–H and O–H groups in total. The fraction of sp³-hybridized carbons (Fsp3) is 0.611. The van der Waals surface area contributed by atoms with Crippen LogP contribution in [-0.4, -0.2) is 72.9 Å². The minimum Gasteiger partial charge on any atom is -0.495 e. The number of nitrogens with one attached hydrogen (secondary N) is 1. The topological polar surface area (TPSA) is 37.0 Å². The van der Waals surface area contributed by atoms with Crippen molar-refractivity contribution in [2.24, 2.45) is 0 Å². The van der Waals surface area contributed by atoms with E-state index in [9.17, 15) is 0 Å². The summed E-state index contributed by atoms with van der Waals surface area (Å²) in [6.07, 6.45) is 2.63. The normalized spacial score (nSPS) is 19.3. The number of halogens is 1. The Bertz CT molecular complexity index is 633. The van der Waals surface area contributed by atoms with Crippen molar-refractivity contribution in [3.05, 3.63) is 17.2 Å². The van der Waals surface area contributed by atoms with Crippen LogP contribution in [0.25, 0.3) is 0 Å². The molecule has 0 aliphatic carbocycles. The van der Waals surface area contributed by atoms with Gasteiger partial charge in [0.15, 0.2) is 5.11 Å². The van der Waals surface area contributed by atoms with Crippen molar-refractivity contribution in [1.29, 1.82) is 0 Å². The first-order chi connectivity index (χ1) is 12.6. The van der Waals surface area contributed by atoms with E-state index >= 15 is 0 Å². The number of thiocarbonyl (C=S) groups is 1. The smallest absolute Gasteiger partial charge is 0.173 e. The average molecular weight is 416 g/mol. The molecule has 26 heavy (non-hydrogen) atoms. The number of thioether (sulfide) groups is 1. The maximum absolute atomic E-state index is 6.17. The molecule has 0 spiro atoms. The van der Waals surface area contributed by atoms with Crippen molar-refractivity contribution in [3.63, 3.8) is 0 Å². The number of hydrogen-bond donors (Lipinski definition) is 1. The number of anilines is 1. The highest BCUT2D eigenvalue weighted by Crippen LogP contribution is 2.36. The number of piperazine rings is 1. The van der Waals surface area contributed by atoms with Gasteiger partial charge in [-0.2, -0.15) is 11.8 Å². The lowest BCUT2D eigenvalue weighted by Gasteiger charge is -2.41. The standard InChI is InChI=1S/C18H26ClN3O2S2/c1-23-16-12-15(17(24-2)11-14(16)19)20-18(25)22-7-5-21(6-8-22)13-3-9-26-10-4-13/h11-13H,3-10H2,1-2H3,(H,20,25). The van der Waals surface area contributed by atoms with Gasteiger partial charge in [0, 0.05) is 44.4 Å². The third kappa shape index (κ3) is 4.68. The van der Waals surface area contributed by atoms with Gasteiger partial charge in [-0.1, -0.05) is 11.6 Å². The second-order valence-corrected chi connectivity index (χ2v) is 8.50. The molecule has 2 fully saturated rings. The van der Waals surface area contributed by atoms with Crippen molar-refractivity contribution < 1.29 is 9.47 Å². The maximum atomic E-state index is 6.17. The zero-order valence-electron chi connectivity index (χ0n) is 15.3. The molecule has 0 bridgehead atoms. The minimum absolute atomic E-state index is 0.514. The lowest BCUT2D eigenvalue weighted by atomic mass is 10.1. The van der Waals surface area contributed by atoms with E-state index in [-0.39, 0.29) is 0 Å². The Hall–Kier alpha value is -0.890. The van der Waals surface area contributed by atoms with Gasteiger partial charge in [0.05, 0.1) is 24.9 Å². The van der Waals surface area contributed by atoms with Crippen molar-refractivity contribution in [1.82, 2.24) is 9.80 Å². The van der Waals surface area contributed by atoms with Crippen LogP contribution in [0.15, 0.2) is 12.1 Å². The summed E-state index contributed by atoms with van der Waals surface area (Å²) in [5.41, 5.74) is 0.769. The summed E-state index contributed by atoms with van der Waals surface area (Å²) in [6, 6.07) is 4.31. The molecular formula is C18H26ClN3O2S2. The van der Waals surface area contributed by atoms with Crippen molar-refractivity contribution in [2.75, 3.05) is 57.2 Å². The van der Waals surface area contributed by atoms with Crippen molar-refractivity contribution in [2.45, 2.75) is 18.9 Å². The van der Waals surface area contributed by atoms with Gasteiger partial charge in [-0.05, 0) is 36.6 Å². The van der Waals surface area contributed by atoms with E-state index in [2.05, 4.69) is 26.9 Å². The minimum atomic E-state index is 0.514. The summed E-state index contributed by atoms with van der Waals surface area (Å²) >= 11 is 13.9. The van der Waals surface area contributed by atoms with Gasteiger partial charge in [0.1, 0.15) is 11.5 Å². The highest BCUT2D eigenvalue weighted by Gasteiger charge is 2.26. The molecule has 2 aliphatic rings. The fourth-order valence-corrected chi connectivity index (χ4v) is 5.10. The Morgan fingerprint density at radius 3 is 2.38 bits per heavy atom. The molecule has 144 valence electrons. The Kier molecular flexibility index (Phi) is 7.14. The molecule has 0 unspecified atom stereocenters. The molecule has 0 saturated carbocycles. The highest BCUT2D eigenvalue weighted by atomic mass is 35.5. The summed E-state index contributed by atoms with van der Waals surface area (Å²) in [5, 5.41) is 4.53. The molecule has 3 rings (SSSR count). The number of benzene rings is 1. The Balaban J connectivity index is 1.59. The molecule has 2 heterocycles. The van der Waals surface area contributed by atoms with Gasteiger partial charge in [-0.3, -0.25) is 4.90 Å². The Morgan fingerprint density at radius 1 is 1.12 bits per heavy atom. The van der Waals surface area contributed by atoms with Crippen LogP contribution in [0.4, 0.5) is 5.69 Å². The first-order valence-corrected chi connectivity index (χ1v) is 10.9. The molecule has 1 aromatic rings. The van der Waals surface area contributed by atoms with Gasteiger partial charge in [0.25, 0.3) is 0 Å². The third-order valence-electron chi connectivity index (χ3n) is 5.02. The number of nitrogens with zero attached hydrogens (tertiary/aromatic N) is 2. The van der Waals surface area contributed by atoms with Crippen LogP contribution in [0.5, 0.6) is 11.5 Å². The predicted octanol–water partition coefficient (Wildman–Crippen LogP) is 3.57. The number of hydrogen-bond acceptors (Lipinski definition) is 5. The quantitative estimate of drug-likeness (QED) is 0.753. The highest BCUT2D eigenvalue weighted by molar-refractivity contribution is 7.99. The lowest BCUT2D eigenvalue weighted by molar-refractivity contribution is 0.126. The van der Waals surface area contributed by atoms with Gasteiger partial charge < -0.3 is 19.7 Å². The van der Waals surface area contributed by atoms with E-state index < -0.39 is 0 Å². The van der Waals surface area contributed by atoms with Crippen LogP contribution < -0.4 is 14.8 Å². The summed E-state index contributed by atoms with van der Waals surface area (Å²) in [4.78, 5) is 4.86. The molecule has 8 heteroatoms. The maximum Gasteiger partial charge on any atom is 0.173 e. The SMILES string of the molecule is COc1cc(NC(=S)N2CCN(C3CCSCC3)CC2)c(OC)cc1Cl. The molecule has 0 amide bonds. The zero-order chi connectivity index (χ0) is 18.5. The van der Waals surface area contributed by atoms with E-state index in [1.165, 1.54) is 24.3 Å². The van der Waals surface area contributed by atoms with Gasteiger partial charge in [0.2, 0.25) is 0 Å².